The Morgan fingerprint density at radius 3 is 2.73 bits per heavy atom. The molecular formula is C18H15IN3+. The van der Waals surface area contributed by atoms with Gasteiger partial charge in [0.2, 0.25) is 5.65 Å². The lowest BCUT2D eigenvalue weighted by Gasteiger charge is -2.05. The topological polar surface area (TPSA) is 21.7 Å². The molecule has 4 aromatic rings. The Bertz CT molecular complexity index is 1020. The van der Waals surface area contributed by atoms with Crippen molar-refractivity contribution >= 4 is 44.5 Å². The molecule has 4 rings (SSSR count). The molecule has 0 N–H and O–H groups in total. The van der Waals surface area contributed by atoms with Gasteiger partial charge in [-0.2, -0.15) is 4.57 Å². The number of nitrogens with zero attached hydrogens (tertiary/aromatic N) is 3. The summed E-state index contributed by atoms with van der Waals surface area (Å²) in [7, 11) is 2.07. The first-order chi connectivity index (χ1) is 10.7. The van der Waals surface area contributed by atoms with Gasteiger partial charge in [0.25, 0.3) is 5.82 Å². The van der Waals surface area contributed by atoms with E-state index in [0.29, 0.717) is 0 Å². The predicted octanol–water partition coefficient (Wildman–Crippen LogP) is 3.92. The maximum absolute atomic E-state index is 4.65. The highest BCUT2D eigenvalue weighted by atomic mass is 127. The second-order valence-electron chi connectivity index (χ2n) is 5.45. The largest absolute Gasteiger partial charge is 0.287 e. The molecule has 0 fully saturated rings. The average molecular weight is 400 g/mol. The minimum Gasteiger partial charge on any atom is -0.237 e. The molecule has 0 aliphatic rings. The molecule has 0 bridgehead atoms. The van der Waals surface area contributed by atoms with Crippen molar-refractivity contribution in [2.24, 2.45) is 7.05 Å². The van der Waals surface area contributed by atoms with E-state index in [0.717, 1.165) is 11.5 Å². The van der Waals surface area contributed by atoms with Crippen molar-refractivity contribution in [1.82, 2.24) is 9.55 Å². The molecule has 0 saturated heterocycles. The quantitative estimate of drug-likeness (QED) is 0.351. The van der Waals surface area contributed by atoms with Crippen LogP contribution >= 0.6 is 22.6 Å². The molecule has 4 heteroatoms. The van der Waals surface area contributed by atoms with Crippen LogP contribution in [0.2, 0.25) is 0 Å². The van der Waals surface area contributed by atoms with E-state index in [9.17, 15) is 0 Å². The smallest absolute Gasteiger partial charge is 0.237 e. The van der Waals surface area contributed by atoms with E-state index in [-0.39, 0.29) is 0 Å². The Hall–Kier alpha value is -1.95. The third kappa shape index (κ3) is 1.86. The molecule has 1 aromatic carbocycles. The van der Waals surface area contributed by atoms with Crippen LogP contribution in [0, 0.1) is 10.5 Å². The maximum atomic E-state index is 4.65. The fourth-order valence-electron chi connectivity index (χ4n) is 3.04. The van der Waals surface area contributed by atoms with Crippen LogP contribution in [0.15, 0.2) is 54.9 Å². The lowest BCUT2D eigenvalue weighted by atomic mass is 10.1. The fraction of sp³-hybridized carbons (Fsp3) is 0.111. The Kier molecular flexibility index (Phi) is 3.14. The summed E-state index contributed by atoms with van der Waals surface area (Å²) in [5, 5.41) is 2.45. The van der Waals surface area contributed by atoms with Gasteiger partial charge in [0.15, 0.2) is 0 Å². The van der Waals surface area contributed by atoms with Crippen LogP contribution < -0.4 is 4.57 Å². The minimum absolute atomic E-state index is 1.00. The maximum Gasteiger partial charge on any atom is 0.287 e. The minimum atomic E-state index is 1.00. The standard InChI is InChI=1S/C18H15IN3/c1-12-15(19)9-8-13-14-6-5-10-20-18(14)22(17(12)13)16-7-3-4-11-21(16)2/h3-11H,1-2H3/q+1. The van der Waals surface area contributed by atoms with Crippen molar-refractivity contribution in [3.63, 3.8) is 0 Å². The molecule has 0 atom stereocenters. The van der Waals surface area contributed by atoms with Crippen molar-refractivity contribution in [2.75, 3.05) is 0 Å². The first-order valence-electron chi connectivity index (χ1n) is 7.18. The van der Waals surface area contributed by atoms with E-state index >= 15 is 0 Å². The van der Waals surface area contributed by atoms with Gasteiger partial charge in [-0.1, -0.05) is 6.07 Å². The summed E-state index contributed by atoms with van der Waals surface area (Å²) in [6.07, 6.45) is 3.93. The monoisotopic (exact) mass is 400 g/mol. The number of hydrogen-bond donors (Lipinski definition) is 0. The second-order valence-corrected chi connectivity index (χ2v) is 6.61. The number of rotatable bonds is 1. The molecule has 108 valence electrons. The van der Waals surface area contributed by atoms with Crippen LogP contribution in [-0.2, 0) is 7.05 Å². The number of halogens is 1. The molecule has 3 heterocycles. The molecule has 0 radical (unpaired) electrons. The van der Waals surface area contributed by atoms with Crippen LogP contribution in [0.4, 0.5) is 0 Å². The Balaban J connectivity index is 2.29. The highest BCUT2D eigenvalue weighted by molar-refractivity contribution is 14.1. The van der Waals surface area contributed by atoms with E-state index in [2.05, 4.69) is 87.2 Å². The summed E-state index contributed by atoms with van der Waals surface area (Å²) in [6, 6.07) is 14.8. The Morgan fingerprint density at radius 2 is 1.91 bits per heavy atom. The highest BCUT2D eigenvalue weighted by Gasteiger charge is 2.23. The van der Waals surface area contributed by atoms with Crippen molar-refractivity contribution < 1.29 is 4.57 Å². The van der Waals surface area contributed by atoms with Crippen molar-refractivity contribution in [3.05, 3.63) is 64.0 Å². The molecular weight excluding hydrogens is 385 g/mol. The molecule has 0 spiro atoms. The van der Waals surface area contributed by atoms with E-state index < -0.39 is 0 Å². The first-order valence-corrected chi connectivity index (χ1v) is 8.25. The van der Waals surface area contributed by atoms with Gasteiger partial charge in [-0.25, -0.2) is 9.55 Å². The molecule has 0 saturated carbocycles. The Labute approximate surface area is 142 Å². The third-order valence-corrected chi connectivity index (χ3v) is 5.30. The van der Waals surface area contributed by atoms with Crippen LogP contribution in [0.1, 0.15) is 5.56 Å². The van der Waals surface area contributed by atoms with Gasteiger partial charge in [-0.15, -0.1) is 0 Å². The van der Waals surface area contributed by atoms with Crippen LogP contribution in [0.5, 0.6) is 0 Å². The predicted molar refractivity (Wildman–Crippen MR) is 97.2 cm³/mol. The van der Waals surface area contributed by atoms with E-state index in [1.54, 1.807) is 0 Å². The zero-order valence-corrected chi connectivity index (χ0v) is 14.6. The fourth-order valence-corrected chi connectivity index (χ4v) is 3.48. The van der Waals surface area contributed by atoms with Crippen LogP contribution in [-0.4, -0.2) is 9.55 Å². The zero-order chi connectivity index (χ0) is 15.3. The van der Waals surface area contributed by atoms with Gasteiger partial charge in [-0.3, -0.25) is 0 Å². The molecule has 0 aliphatic heterocycles. The van der Waals surface area contributed by atoms with Gasteiger partial charge in [0.05, 0.1) is 18.6 Å². The van der Waals surface area contributed by atoms with Gasteiger partial charge < -0.3 is 0 Å². The molecule has 3 nitrogen and oxygen atoms in total. The van der Waals surface area contributed by atoms with Crippen LogP contribution in [0.25, 0.3) is 27.8 Å². The number of aryl methyl sites for hydroxylation is 2. The summed E-state index contributed by atoms with van der Waals surface area (Å²) >= 11 is 2.40. The number of fused-ring (bicyclic) bond motifs is 3. The summed E-state index contributed by atoms with van der Waals surface area (Å²) in [5.41, 5.74) is 3.53. The van der Waals surface area contributed by atoms with E-state index in [4.69, 9.17) is 0 Å². The van der Waals surface area contributed by atoms with E-state index in [1.165, 1.54) is 25.4 Å². The summed E-state index contributed by atoms with van der Waals surface area (Å²) < 4.78 is 5.67. The Morgan fingerprint density at radius 1 is 1.05 bits per heavy atom. The lowest BCUT2D eigenvalue weighted by Crippen LogP contribution is -2.33. The van der Waals surface area contributed by atoms with Crippen molar-refractivity contribution in [3.8, 4) is 5.82 Å². The number of benzene rings is 1. The van der Waals surface area contributed by atoms with Crippen molar-refractivity contribution in [2.45, 2.75) is 6.92 Å². The van der Waals surface area contributed by atoms with Gasteiger partial charge >= 0.3 is 0 Å². The summed E-state index contributed by atoms with van der Waals surface area (Å²) in [6.45, 7) is 2.18. The summed E-state index contributed by atoms with van der Waals surface area (Å²) in [4.78, 5) is 4.65. The normalized spacial score (nSPS) is 11.4. The molecule has 3 aromatic heterocycles. The van der Waals surface area contributed by atoms with Gasteiger partial charge in [0.1, 0.15) is 5.52 Å². The van der Waals surface area contributed by atoms with Gasteiger partial charge in [-0.05, 0) is 59.8 Å². The third-order valence-electron chi connectivity index (χ3n) is 4.13. The molecule has 0 aliphatic carbocycles. The summed E-state index contributed by atoms with van der Waals surface area (Å²) in [5.74, 6) is 1.12. The lowest BCUT2D eigenvalue weighted by molar-refractivity contribution is -0.665. The highest BCUT2D eigenvalue weighted by Crippen LogP contribution is 2.33. The number of hydrogen-bond acceptors (Lipinski definition) is 1. The van der Waals surface area contributed by atoms with E-state index in [1.807, 2.05) is 18.3 Å². The average Bonchev–Trinajstić information content (AvgIpc) is 2.87. The number of aromatic nitrogens is 3. The second kappa shape index (κ2) is 5.05. The van der Waals surface area contributed by atoms with Gasteiger partial charge in [0, 0.05) is 26.8 Å². The molecule has 0 unspecified atom stereocenters. The van der Waals surface area contributed by atoms with Crippen LogP contribution in [0.3, 0.4) is 0 Å². The molecule has 22 heavy (non-hydrogen) atoms. The zero-order valence-electron chi connectivity index (χ0n) is 12.4. The first kappa shape index (κ1) is 13.7. The molecule has 0 amide bonds. The van der Waals surface area contributed by atoms with Crippen molar-refractivity contribution in [1.29, 1.82) is 0 Å². The SMILES string of the molecule is Cc1c(I)ccc2c3cccnc3n(-c3cccc[n+]3C)c12. The number of pyridine rings is 2.